The Kier molecular flexibility index (Phi) is 6.15. The van der Waals surface area contributed by atoms with E-state index in [0.29, 0.717) is 30.2 Å². The molecule has 1 amide bonds. The molecule has 0 saturated heterocycles. The van der Waals surface area contributed by atoms with Crippen LogP contribution in [0.4, 0.5) is 5.69 Å². The van der Waals surface area contributed by atoms with Gasteiger partial charge in [0.1, 0.15) is 5.75 Å². The minimum absolute atomic E-state index is 0.176. The molecular weight excluding hydrogens is 244 g/mol. The molecule has 0 aliphatic heterocycles. The Morgan fingerprint density at radius 1 is 1.42 bits per heavy atom. The van der Waals surface area contributed by atoms with Crippen LogP contribution in [-0.2, 0) is 4.74 Å². The average molecular weight is 266 g/mol. The number of hydrogen-bond acceptors (Lipinski definition) is 4. The van der Waals surface area contributed by atoms with Gasteiger partial charge in [-0.05, 0) is 32.4 Å². The largest absolute Gasteiger partial charge is 0.497 e. The zero-order valence-electron chi connectivity index (χ0n) is 11.7. The molecule has 0 aromatic heterocycles. The zero-order chi connectivity index (χ0) is 14.3. The van der Waals surface area contributed by atoms with Gasteiger partial charge >= 0.3 is 0 Å². The number of benzene rings is 1. The number of carbonyl (C=O) groups excluding carboxylic acids is 1. The Hall–Kier alpha value is -1.75. The van der Waals surface area contributed by atoms with Crippen molar-refractivity contribution in [3.63, 3.8) is 0 Å². The molecule has 0 saturated carbocycles. The Morgan fingerprint density at radius 2 is 2.16 bits per heavy atom. The zero-order valence-corrected chi connectivity index (χ0v) is 11.7. The number of rotatable bonds is 7. The van der Waals surface area contributed by atoms with E-state index in [0.717, 1.165) is 6.42 Å². The normalized spacial score (nSPS) is 10.5. The maximum atomic E-state index is 11.9. The molecule has 1 aromatic carbocycles. The Bertz CT molecular complexity index is 419. The van der Waals surface area contributed by atoms with Gasteiger partial charge in [0.15, 0.2) is 0 Å². The van der Waals surface area contributed by atoms with Crippen LogP contribution in [0.25, 0.3) is 0 Å². The molecule has 0 atom stereocenters. The lowest BCUT2D eigenvalue weighted by Gasteiger charge is -2.10. The van der Waals surface area contributed by atoms with Crippen LogP contribution in [0.3, 0.4) is 0 Å². The standard InChI is InChI=1S/C14H22N2O3/c1-10(2)19-8-4-7-16-14(17)12-6-5-11(18-3)9-13(12)15/h5-6,9-10H,4,7-8,15H2,1-3H3,(H,16,17). The maximum Gasteiger partial charge on any atom is 0.253 e. The van der Waals surface area contributed by atoms with Gasteiger partial charge in [-0.1, -0.05) is 0 Å². The summed E-state index contributed by atoms with van der Waals surface area (Å²) < 4.78 is 10.4. The van der Waals surface area contributed by atoms with E-state index in [-0.39, 0.29) is 12.0 Å². The van der Waals surface area contributed by atoms with Gasteiger partial charge in [-0.3, -0.25) is 4.79 Å². The van der Waals surface area contributed by atoms with Crippen LogP contribution in [-0.4, -0.2) is 32.3 Å². The Labute approximate surface area is 114 Å². The second-order valence-electron chi connectivity index (χ2n) is 4.48. The van der Waals surface area contributed by atoms with Crippen molar-refractivity contribution < 1.29 is 14.3 Å². The number of methoxy groups -OCH3 is 1. The van der Waals surface area contributed by atoms with Crippen LogP contribution in [0.1, 0.15) is 30.6 Å². The van der Waals surface area contributed by atoms with E-state index in [1.807, 2.05) is 13.8 Å². The molecule has 5 heteroatoms. The molecule has 1 aromatic rings. The summed E-state index contributed by atoms with van der Waals surface area (Å²) in [6.45, 7) is 5.17. The summed E-state index contributed by atoms with van der Waals surface area (Å²) in [5, 5.41) is 2.81. The van der Waals surface area contributed by atoms with Crippen LogP contribution in [0.2, 0.25) is 0 Å². The summed E-state index contributed by atoms with van der Waals surface area (Å²) in [6.07, 6.45) is 0.993. The lowest BCUT2D eigenvalue weighted by Crippen LogP contribution is -2.26. The third-order valence-corrected chi connectivity index (χ3v) is 2.56. The first-order chi connectivity index (χ1) is 9.04. The molecule has 0 aliphatic carbocycles. The molecule has 0 aliphatic rings. The summed E-state index contributed by atoms with van der Waals surface area (Å²) in [6, 6.07) is 5.01. The van der Waals surface area contributed by atoms with Gasteiger partial charge in [-0.25, -0.2) is 0 Å². The van der Waals surface area contributed by atoms with Crippen LogP contribution >= 0.6 is 0 Å². The van der Waals surface area contributed by atoms with Gasteiger partial charge in [0.05, 0.1) is 18.8 Å². The fourth-order valence-electron chi connectivity index (χ4n) is 1.56. The number of nitrogens with two attached hydrogens (primary N) is 1. The highest BCUT2D eigenvalue weighted by Gasteiger charge is 2.09. The molecule has 0 heterocycles. The molecule has 0 fully saturated rings. The van der Waals surface area contributed by atoms with Crippen molar-refractivity contribution in [3.05, 3.63) is 23.8 Å². The van der Waals surface area contributed by atoms with Crippen molar-refractivity contribution >= 4 is 11.6 Å². The minimum atomic E-state index is -0.176. The van der Waals surface area contributed by atoms with Gasteiger partial charge < -0.3 is 20.5 Å². The molecule has 0 spiro atoms. The van der Waals surface area contributed by atoms with E-state index < -0.39 is 0 Å². The fourth-order valence-corrected chi connectivity index (χ4v) is 1.56. The van der Waals surface area contributed by atoms with Crippen molar-refractivity contribution in [1.29, 1.82) is 0 Å². The van der Waals surface area contributed by atoms with Crippen LogP contribution < -0.4 is 15.8 Å². The SMILES string of the molecule is COc1ccc(C(=O)NCCCOC(C)C)c(N)c1. The van der Waals surface area contributed by atoms with Crippen molar-refractivity contribution in [1.82, 2.24) is 5.32 Å². The van der Waals surface area contributed by atoms with E-state index in [2.05, 4.69) is 5.32 Å². The number of amides is 1. The third-order valence-electron chi connectivity index (χ3n) is 2.56. The first kappa shape index (κ1) is 15.3. The minimum Gasteiger partial charge on any atom is -0.497 e. The molecule has 0 unspecified atom stereocenters. The first-order valence-electron chi connectivity index (χ1n) is 6.38. The molecule has 3 N–H and O–H groups in total. The molecule has 1 rings (SSSR count). The van der Waals surface area contributed by atoms with Gasteiger partial charge in [0, 0.05) is 24.9 Å². The molecule has 0 bridgehead atoms. The topological polar surface area (TPSA) is 73.6 Å². The van der Waals surface area contributed by atoms with E-state index >= 15 is 0 Å². The molecular formula is C14H22N2O3. The highest BCUT2D eigenvalue weighted by Crippen LogP contribution is 2.19. The lowest BCUT2D eigenvalue weighted by atomic mass is 10.1. The molecule has 0 radical (unpaired) electrons. The number of anilines is 1. The van der Waals surface area contributed by atoms with E-state index in [1.54, 1.807) is 25.3 Å². The van der Waals surface area contributed by atoms with Crippen molar-refractivity contribution in [2.75, 3.05) is 26.0 Å². The fraction of sp³-hybridized carbons (Fsp3) is 0.500. The van der Waals surface area contributed by atoms with E-state index in [4.69, 9.17) is 15.2 Å². The maximum absolute atomic E-state index is 11.9. The average Bonchev–Trinajstić information content (AvgIpc) is 2.37. The van der Waals surface area contributed by atoms with Crippen LogP contribution in [0, 0.1) is 0 Å². The predicted octanol–water partition coefficient (Wildman–Crippen LogP) is 1.82. The number of nitrogens with one attached hydrogen (secondary N) is 1. The molecule has 106 valence electrons. The second kappa shape index (κ2) is 7.63. The summed E-state index contributed by atoms with van der Waals surface area (Å²) in [5.41, 5.74) is 6.68. The van der Waals surface area contributed by atoms with Crippen molar-refractivity contribution in [3.8, 4) is 5.75 Å². The summed E-state index contributed by atoms with van der Waals surface area (Å²) >= 11 is 0. The summed E-state index contributed by atoms with van der Waals surface area (Å²) in [5.74, 6) is 0.462. The predicted molar refractivity (Wildman–Crippen MR) is 75.4 cm³/mol. The van der Waals surface area contributed by atoms with Gasteiger partial charge in [-0.2, -0.15) is 0 Å². The highest BCUT2D eigenvalue weighted by atomic mass is 16.5. The lowest BCUT2D eigenvalue weighted by molar-refractivity contribution is 0.0757. The molecule has 19 heavy (non-hydrogen) atoms. The highest BCUT2D eigenvalue weighted by molar-refractivity contribution is 5.99. The van der Waals surface area contributed by atoms with E-state index in [9.17, 15) is 4.79 Å². The molecule has 5 nitrogen and oxygen atoms in total. The number of ether oxygens (including phenoxy) is 2. The number of hydrogen-bond donors (Lipinski definition) is 2. The van der Waals surface area contributed by atoms with Crippen LogP contribution in [0.5, 0.6) is 5.75 Å². The summed E-state index contributed by atoms with van der Waals surface area (Å²) in [4.78, 5) is 11.9. The van der Waals surface area contributed by atoms with Crippen LogP contribution in [0.15, 0.2) is 18.2 Å². The smallest absolute Gasteiger partial charge is 0.253 e. The summed E-state index contributed by atoms with van der Waals surface area (Å²) in [7, 11) is 1.56. The third kappa shape index (κ3) is 5.18. The first-order valence-corrected chi connectivity index (χ1v) is 6.38. The van der Waals surface area contributed by atoms with Gasteiger partial charge in [0.2, 0.25) is 0 Å². The van der Waals surface area contributed by atoms with Crippen molar-refractivity contribution in [2.45, 2.75) is 26.4 Å². The number of carbonyl (C=O) groups is 1. The van der Waals surface area contributed by atoms with Crippen molar-refractivity contribution in [2.24, 2.45) is 0 Å². The van der Waals surface area contributed by atoms with Gasteiger partial charge in [0.25, 0.3) is 5.91 Å². The Balaban J connectivity index is 2.41. The Morgan fingerprint density at radius 3 is 2.74 bits per heavy atom. The number of nitrogen functional groups attached to an aromatic ring is 1. The van der Waals surface area contributed by atoms with E-state index in [1.165, 1.54) is 0 Å². The second-order valence-corrected chi connectivity index (χ2v) is 4.48. The monoisotopic (exact) mass is 266 g/mol. The quantitative estimate of drug-likeness (QED) is 0.583. The van der Waals surface area contributed by atoms with Gasteiger partial charge in [-0.15, -0.1) is 0 Å².